The first-order chi connectivity index (χ1) is 14.5. The maximum atomic E-state index is 13.4. The number of aromatic nitrogens is 2. The average Bonchev–Trinajstić information content (AvgIpc) is 3.34. The number of oxazole rings is 1. The number of carbonyl (C=O) groups excluding carboxylic acids is 1. The molecule has 0 saturated carbocycles. The van der Waals surface area contributed by atoms with Crippen molar-refractivity contribution >= 4 is 22.4 Å². The number of halogens is 1. The van der Waals surface area contributed by atoms with Crippen molar-refractivity contribution in [2.24, 2.45) is 0 Å². The van der Waals surface area contributed by atoms with Gasteiger partial charge >= 0.3 is 0 Å². The van der Waals surface area contributed by atoms with Crippen LogP contribution >= 0.6 is 11.3 Å². The fraction of sp³-hybridized carbons (Fsp3) is 0.409. The van der Waals surface area contributed by atoms with Crippen LogP contribution in [0.3, 0.4) is 0 Å². The summed E-state index contributed by atoms with van der Waals surface area (Å²) in [5.74, 6) is 1.17. The van der Waals surface area contributed by atoms with E-state index in [-0.39, 0.29) is 17.6 Å². The lowest BCUT2D eigenvalue weighted by Gasteiger charge is -2.31. The van der Waals surface area contributed by atoms with E-state index in [2.05, 4.69) is 15.3 Å². The summed E-state index contributed by atoms with van der Waals surface area (Å²) >= 11 is 1.41. The number of anilines is 1. The highest BCUT2D eigenvalue weighted by Gasteiger charge is 2.30. The first-order valence-corrected chi connectivity index (χ1v) is 11.0. The molecular formula is C22H25FN4O2S. The molecule has 1 aliphatic heterocycles. The Labute approximate surface area is 179 Å². The van der Waals surface area contributed by atoms with Crippen LogP contribution in [0.5, 0.6) is 0 Å². The lowest BCUT2D eigenvalue weighted by Crippen LogP contribution is -2.39. The van der Waals surface area contributed by atoms with Crippen molar-refractivity contribution in [2.75, 3.05) is 25.0 Å². The van der Waals surface area contributed by atoms with Gasteiger partial charge < -0.3 is 14.6 Å². The van der Waals surface area contributed by atoms with E-state index in [1.807, 2.05) is 24.8 Å². The Hall–Kier alpha value is -2.74. The number of hydrogen-bond acceptors (Lipinski definition) is 6. The van der Waals surface area contributed by atoms with Crippen LogP contribution in [0, 0.1) is 12.7 Å². The minimum atomic E-state index is -0.260. The Bertz CT molecular complexity index is 1030. The highest BCUT2D eigenvalue weighted by molar-refractivity contribution is 7.17. The van der Waals surface area contributed by atoms with Crippen molar-refractivity contribution in [3.8, 4) is 0 Å². The summed E-state index contributed by atoms with van der Waals surface area (Å²) in [5.41, 5.74) is 1.60. The predicted molar refractivity (Wildman–Crippen MR) is 115 cm³/mol. The second-order valence-electron chi connectivity index (χ2n) is 7.53. The third kappa shape index (κ3) is 4.53. The van der Waals surface area contributed by atoms with E-state index >= 15 is 0 Å². The number of aryl methyl sites for hydroxylation is 1. The molecule has 6 nitrogen and oxygen atoms in total. The number of likely N-dealkylation sites (tertiary alicyclic amines) is 1. The van der Waals surface area contributed by atoms with Gasteiger partial charge in [0.25, 0.3) is 5.91 Å². The van der Waals surface area contributed by atoms with Crippen molar-refractivity contribution in [3.63, 3.8) is 0 Å². The number of thiazole rings is 1. The molecule has 1 fully saturated rings. The number of amides is 1. The molecule has 0 spiro atoms. The molecule has 30 heavy (non-hydrogen) atoms. The Morgan fingerprint density at radius 1 is 1.43 bits per heavy atom. The number of rotatable bonds is 6. The minimum Gasteiger partial charge on any atom is -0.445 e. The largest absolute Gasteiger partial charge is 0.445 e. The molecule has 1 saturated heterocycles. The topological polar surface area (TPSA) is 71.3 Å². The summed E-state index contributed by atoms with van der Waals surface area (Å²) in [6, 6.07) is 6.48. The van der Waals surface area contributed by atoms with Crippen molar-refractivity contribution in [1.82, 2.24) is 14.9 Å². The number of hydrogen-bond donors (Lipinski definition) is 1. The summed E-state index contributed by atoms with van der Waals surface area (Å²) in [4.78, 5) is 24.5. The monoisotopic (exact) mass is 428 g/mol. The molecule has 3 heterocycles. The molecule has 4 rings (SSSR count). The predicted octanol–water partition coefficient (Wildman–Crippen LogP) is 4.62. The van der Waals surface area contributed by atoms with Gasteiger partial charge in [0, 0.05) is 26.1 Å². The molecule has 158 valence electrons. The highest BCUT2D eigenvalue weighted by Crippen LogP contribution is 2.30. The number of piperidine rings is 1. The smallest absolute Gasteiger partial charge is 0.265 e. The molecule has 8 heteroatoms. The molecule has 0 aliphatic carbocycles. The Balaban J connectivity index is 1.44. The molecule has 2 aromatic heterocycles. The molecule has 0 unspecified atom stereocenters. The molecule has 1 amide bonds. The van der Waals surface area contributed by atoms with Gasteiger partial charge in [0.2, 0.25) is 0 Å². The van der Waals surface area contributed by atoms with E-state index in [4.69, 9.17) is 4.42 Å². The number of nitrogens with zero attached hydrogens (tertiary/aromatic N) is 3. The lowest BCUT2D eigenvalue weighted by atomic mass is 9.98. The van der Waals surface area contributed by atoms with Crippen LogP contribution in [-0.2, 0) is 6.42 Å². The Kier molecular flexibility index (Phi) is 6.13. The van der Waals surface area contributed by atoms with Gasteiger partial charge in [0.1, 0.15) is 16.5 Å². The zero-order valence-electron chi connectivity index (χ0n) is 17.2. The second kappa shape index (κ2) is 8.95. The van der Waals surface area contributed by atoms with Gasteiger partial charge in [-0.25, -0.2) is 14.4 Å². The maximum Gasteiger partial charge on any atom is 0.265 e. The highest BCUT2D eigenvalue weighted by atomic mass is 32.1. The van der Waals surface area contributed by atoms with Gasteiger partial charge in [-0.2, -0.15) is 0 Å². The summed E-state index contributed by atoms with van der Waals surface area (Å²) in [6.07, 6.45) is 4.02. The second-order valence-corrected chi connectivity index (χ2v) is 8.52. The van der Waals surface area contributed by atoms with Crippen LogP contribution in [0.15, 0.2) is 34.9 Å². The number of benzene rings is 1. The van der Waals surface area contributed by atoms with Crippen molar-refractivity contribution in [3.05, 3.63) is 64.1 Å². The van der Waals surface area contributed by atoms with E-state index in [9.17, 15) is 9.18 Å². The molecule has 0 bridgehead atoms. The van der Waals surface area contributed by atoms with Crippen LogP contribution < -0.4 is 5.32 Å². The van der Waals surface area contributed by atoms with Gasteiger partial charge in [-0.1, -0.05) is 23.5 Å². The number of carbonyl (C=O) groups is 1. The molecule has 1 atom stereocenters. The summed E-state index contributed by atoms with van der Waals surface area (Å²) in [5, 5.41) is 3.95. The minimum absolute atomic E-state index is 0.0189. The normalized spacial score (nSPS) is 16.6. The van der Waals surface area contributed by atoms with Crippen LogP contribution in [0.4, 0.5) is 9.52 Å². The quantitative estimate of drug-likeness (QED) is 0.620. The Morgan fingerprint density at radius 2 is 2.30 bits per heavy atom. The fourth-order valence-corrected chi connectivity index (χ4v) is 4.77. The van der Waals surface area contributed by atoms with E-state index in [0.717, 1.165) is 42.3 Å². The van der Waals surface area contributed by atoms with Gasteiger partial charge in [0.05, 0.1) is 17.8 Å². The lowest BCUT2D eigenvalue weighted by molar-refractivity contribution is 0.0702. The first kappa shape index (κ1) is 20.5. The molecule has 0 radical (unpaired) electrons. The first-order valence-electron chi connectivity index (χ1n) is 10.2. The van der Waals surface area contributed by atoms with E-state index in [1.165, 1.54) is 23.5 Å². The van der Waals surface area contributed by atoms with Gasteiger partial charge in [-0.15, -0.1) is 0 Å². The zero-order valence-corrected chi connectivity index (χ0v) is 18.0. The van der Waals surface area contributed by atoms with Crippen LogP contribution in [0.1, 0.15) is 58.3 Å². The van der Waals surface area contributed by atoms with Crippen molar-refractivity contribution in [2.45, 2.75) is 39.0 Å². The number of nitrogens with one attached hydrogen (secondary N) is 1. The summed E-state index contributed by atoms with van der Waals surface area (Å²) in [6.45, 7) is 5.95. The van der Waals surface area contributed by atoms with E-state index in [1.54, 1.807) is 12.3 Å². The SMILES string of the molecule is CCNc1nc(C)c(C(=O)N2CCC[C@@H](c3ncc(Cc4cccc(F)c4)o3)C2)s1. The third-order valence-corrected chi connectivity index (χ3v) is 6.32. The fourth-order valence-electron chi connectivity index (χ4n) is 3.77. The van der Waals surface area contributed by atoms with Crippen molar-refractivity contribution in [1.29, 1.82) is 0 Å². The standard InChI is InChI=1S/C22H25FN4O2S/c1-3-24-22-26-14(2)19(30-22)21(28)27-9-5-7-16(13-27)20-25-12-18(29-20)11-15-6-4-8-17(23)10-15/h4,6,8,10,12,16H,3,5,7,9,11,13H2,1-2H3,(H,24,26)/t16-/m1/s1. The van der Waals surface area contributed by atoms with Crippen molar-refractivity contribution < 1.29 is 13.6 Å². The molecule has 1 aromatic carbocycles. The van der Waals surface area contributed by atoms with Crippen LogP contribution in [0.2, 0.25) is 0 Å². The van der Waals surface area contributed by atoms with Crippen LogP contribution in [-0.4, -0.2) is 40.4 Å². The third-order valence-electron chi connectivity index (χ3n) is 5.22. The average molecular weight is 429 g/mol. The van der Waals surface area contributed by atoms with E-state index in [0.29, 0.717) is 29.5 Å². The zero-order chi connectivity index (χ0) is 21.1. The van der Waals surface area contributed by atoms with Crippen LogP contribution in [0.25, 0.3) is 0 Å². The van der Waals surface area contributed by atoms with Gasteiger partial charge in [-0.3, -0.25) is 4.79 Å². The molecule has 1 aliphatic rings. The molecule has 3 aromatic rings. The van der Waals surface area contributed by atoms with Gasteiger partial charge in [0.15, 0.2) is 11.0 Å². The van der Waals surface area contributed by atoms with Gasteiger partial charge in [-0.05, 0) is 44.4 Å². The molecular weight excluding hydrogens is 403 g/mol. The maximum absolute atomic E-state index is 13.4. The summed E-state index contributed by atoms with van der Waals surface area (Å²) < 4.78 is 19.4. The van der Waals surface area contributed by atoms with E-state index < -0.39 is 0 Å². The summed E-state index contributed by atoms with van der Waals surface area (Å²) in [7, 11) is 0. The Morgan fingerprint density at radius 3 is 3.10 bits per heavy atom. The molecule has 1 N–H and O–H groups in total.